The lowest BCUT2D eigenvalue weighted by atomic mass is 9.83. The lowest BCUT2D eigenvalue weighted by Crippen LogP contribution is -2.47. The van der Waals surface area contributed by atoms with Crippen LogP contribution in [0.5, 0.6) is 5.75 Å². The molecule has 1 amide bonds. The highest BCUT2D eigenvalue weighted by Crippen LogP contribution is 2.34. The molecule has 3 aliphatic heterocycles. The number of carbonyl (C=O) groups is 1. The molecule has 3 heterocycles. The molecule has 0 spiro atoms. The number of methoxy groups -OCH3 is 1. The van der Waals surface area contributed by atoms with Gasteiger partial charge in [-0.25, -0.2) is 4.39 Å². The molecule has 4 nitrogen and oxygen atoms in total. The van der Waals surface area contributed by atoms with Gasteiger partial charge < -0.3 is 9.64 Å². The van der Waals surface area contributed by atoms with Crippen molar-refractivity contribution in [3.63, 3.8) is 0 Å². The number of halogens is 2. The Hall–Kier alpha value is -1.69. The molecule has 0 radical (unpaired) electrons. The van der Waals surface area contributed by atoms with Gasteiger partial charge in [0.1, 0.15) is 0 Å². The summed E-state index contributed by atoms with van der Waals surface area (Å²) in [4.78, 5) is 17.2. The van der Waals surface area contributed by atoms with Crippen molar-refractivity contribution in [3.05, 3.63) is 29.3 Å². The first-order chi connectivity index (χ1) is 12.6. The van der Waals surface area contributed by atoms with Crippen molar-refractivity contribution in [1.82, 2.24) is 9.80 Å². The Balaban J connectivity index is 1.51. The standard InChI is InChI=1S/C20H26F2N2O2/c1-26-17-8-7-16(18(21)19(17)22)20(25)24-11-14-5-6-15(12-24)23(10-14)9-13-3-2-4-13/h7-8,13-15H,2-6,9-12H2,1H3/t14-,15-/m1/s1. The lowest BCUT2D eigenvalue weighted by molar-refractivity contribution is 0.0712. The van der Waals surface area contributed by atoms with Crippen molar-refractivity contribution in [3.8, 4) is 5.75 Å². The van der Waals surface area contributed by atoms with E-state index in [1.165, 1.54) is 38.5 Å². The van der Waals surface area contributed by atoms with Crippen LogP contribution in [0.1, 0.15) is 42.5 Å². The Bertz CT molecular complexity index is 693. The number of amides is 1. The molecule has 1 saturated carbocycles. The first-order valence-corrected chi connectivity index (χ1v) is 9.62. The zero-order valence-corrected chi connectivity index (χ0v) is 15.2. The van der Waals surface area contributed by atoms with Crippen molar-refractivity contribution in [2.45, 2.75) is 38.1 Å². The second-order valence-corrected chi connectivity index (χ2v) is 8.00. The van der Waals surface area contributed by atoms with E-state index in [1.807, 2.05) is 0 Å². The number of benzene rings is 1. The van der Waals surface area contributed by atoms with E-state index in [0.29, 0.717) is 25.0 Å². The summed E-state index contributed by atoms with van der Waals surface area (Å²) in [6.07, 6.45) is 6.15. The van der Waals surface area contributed by atoms with E-state index in [-0.39, 0.29) is 11.3 Å². The van der Waals surface area contributed by atoms with Crippen LogP contribution in [0.4, 0.5) is 8.78 Å². The number of fused-ring (bicyclic) bond motifs is 4. The molecular formula is C20H26F2N2O2. The summed E-state index contributed by atoms with van der Waals surface area (Å²) >= 11 is 0. The quantitative estimate of drug-likeness (QED) is 0.822. The predicted molar refractivity (Wildman–Crippen MR) is 94.2 cm³/mol. The van der Waals surface area contributed by atoms with Crippen LogP contribution in [0.25, 0.3) is 0 Å². The van der Waals surface area contributed by atoms with Gasteiger partial charge in [-0.05, 0) is 49.7 Å². The monoisotopic (exact) mass is 364 g/mol. The Morgan fingerprint density at radius 1 is 1.12 bits per heavy atom. The summed E-state index contributed by atoms with van der Waals surface area (Å²) in [6.45, 7) is 3.37. The van der Waals surface area contributed by atoms with Crippen LogP contribution in [0.2, 0.25) is 0 Å². The maximum Gasteiger partial charge on any atom is 0.257 e. The smallest absolute Gasteiger partial charge is 0.257 e. The van der Waals surface area contributed by atoms with Crippen LogP contribution < -0.4 is 4.74 Å². The van der Waals surface area contributed by atoms with Crippen LogP contribution in [0.3, 0.4) is 0 Å². The van der Waals surface area contributed by atoms with Gasteiger partial charge in [0, 0.05) is 32.2 Å². The third-order valence-electron chi connectivity index (χ3n) is 6.33. The topological polar surface area (TPSA) is 32.8 Å². The maximum atomic E-state index is 14.4. The second-order valence-electron chi connectivity index (χ2n) is 8.00. The van der Waals surface area contributed by atoms with Crippen molar-refractivity contribution >= 4 is 5.91 Å². The first-order valence-electron chi connectivity index (χ1n) is 9.62. The summed E-state index contributed by atoms with van der Waals surface area (Å²) in [5.41, 5.74) is -0.199. The number of ether oxygens (including phenoxy) is 1. The minimum Gasteiger partial charge on any atom is -0.494 e. The van der Waals surface area contributed by atoms with Gasteiger partial charge >= 0.3 is 0 Å². The number of hydrogen-bond donors (Lipinski definition) is 0. The molecule has 2 bridgehead atoms. The summed E-state index contributed by atoms with van der Waals surface area (Å²) < 4.78 is 33.2. The van der Waals surface area contributed by atoms with Crippen LogP contribution in [-0.2, 0) is 0 Å². The van der Waals surface area contributed by atoms with E-state index in [2.05, 4.69) is 4.90 Å². The molecule has 26 heavy (non-hydrogen) atoms. The summed E-state index contributed by atoms with van der Waals surface area (Å²) in [7, 11) is 1.28. The molecule has 0 N–H and O–H groups in total. The molecule has 1 aromatic rings. The molecule has 0 aromatic heterocycles. The number of carbonyl (C=O) groups excluding carboxylic acids is 1. The van der Waals surface area contributed by atoms with Gasteiger partial charge in [-0.2, -0.15) is 4.39 Å². The fourth-order valence-corrected chi connectivity index (χ4v) is 4.60. The molecule has 142 valence electrons. The summed E-state index contributed by atoms with van der Waals surface area (Å²) in [5.74, 6) is -1.58. The Morgan fingerprint density at radius 3 is 2.62 bits per heavy atom. The fourth-order valence-electron chi connectivity index (χ4n) is 4.60. The van der Waals surface area contributed by atoms with Crippen molar-refractivity contribution < 1.29 is 18.3 Å². The molecule has 6 heteroatoms. The van der Waals surface area contributed by atoms with Crippen LogP contribution in [0.15, 0.2) is 12.1 Å². The van der Waals surface area contributed by atoms with Gasteiger partial charge in [-0.15, -0.1) is 0 Å². The third kappa shape index (κ3) is 3.20. The van der Waals surface area contributed by atoms with E-state index in [4.69, 9.17) is 4.74 Å². The van der Waals surface area contributed by atoms with Gasteiger partial charge in [0.2, 0.25) is 5.82 Å². The Labute approximate surface area is 153 Å². The van der Waals surface area contributed by atoms with Crippen molar-refractivity contribution in [2.24, 2.45) is 11.8 Å². The molecule has 5 rings (SSSR count). The molecule has 1 aliphatic carbocycles. The van der Waals surface area contributed by atoms with Crippen LogP contribution >= 0.6 is 0 Å². The molecule has 3 saturated heterocycles. The molecule has 4 aliphatic rings. The fraction of sp³-hybridized carbons (Fsp3) is 0.650. The van der Waals surface area contributed by atoms with E-state index >= 15 is 0 Å². The van der Waals surface area contributed by atoms with Crippen LogP contribution in [-0.4, -0.2) is 55.0 Å². The normalized spacial score (nSPS) is 26.5. The zero-order chi connectivity index (χ0) is 18.3. The predicted octanol–water partition coefficient (Wildman–Crippen LogP) is 3.31. The van der Waals surface area contributed by atoms with E-state index in [1.54, 1.807) is 4.90 Å². The van der Waals surface area contributed by atoms with E-state index in [0.717, 1.165) is 31.8 Å². The molecule has 4 fully saturated rings. The van der Waals surface area contributed by atoms with Gasteiger partial charge in [0.05, 0.1) is 12.7 Å². The average Bonchev–Trinajstić information content (AvgIpc) is 2.92. The number of nitrogens with zero attached hydrogens (tertiary/aromatic N) is 2. The Morgan fingerprint density at radius 2 is 1.92 bits per heavy atom. The van der Waals surface area contributed by atoms with Gasteiger partial charge in [0.15, 0.2) is 11.6 Å². The Kier molecular flexibility index (Phi) is 4.86. The molecule has 0 unspecified atom stereocenters. The van der Waals surface area contributed by atoms with E-state index < -0.39 is 17.5 Å². The largest absolute Gasteiger partial charge is 0.494 e. The minimum atomic E-state index is -1.11. The highest BCUT2D eigenvalue weighted by atomic mass is 19.2. The number of rotatable bonds is 4. The molecule has 2 atom stereocenters. The minimum absolute atomic E-state index is 0.179. The van der Waals surface area contributed by atoms with Crippen molar-refractivity contribution in [1.29, 1.82) is 0 Å². The lowest BCUT2D eigenvalue weighted by Gasteiger charge is -2.40. The van der Waals surface area contributed by atoms with E-state index in [9.17, 15) is 13.6 Å². The summed E-state index contributed by atoms with van der Waals surface area (Å²) in [6, 6.07) is 2.99. The molecular weight excluding hydrogens is 338 g/mol. The molecule has 1 aromatic carbocycles. The van der Waals surface area contributed by atoms with Crippen molar-refractivity contribution in [2.75, 3.05) is 33.3 Å². The first kappa shape index (κ1) is 17.7. The average molecular weight is 364 g/mol. The van der Waals surface area contributed by atoms with Gasteiger partial charge in [0.25, 0.3) is 5.91 Å². The zero-order valence-electron chi connectivity index (χ0n) is 15.2. The highest BCUT2D eigenvalue weighted by Gasteiger charge is 2.38. The number of piperidine rings is 1. The maximum absolute atomic E-state index is 14.4. The highest BCUT2D eigenvalue weighted by molar-refractivity contribution is 5.94. The second kappa shape index (κ2) is 7.14. The van der Waals surface area contributed by atoms with Crippen LogP contribution in [0, 0.1) is 23.5 Å². The van der Waals surface area contributed by atoms with Gasteiger partial charge in [-0.1, -0.05) is 6.42 Å². The van der Waals surface area contributed by atoms with Gasteiger partial charge in [-0.3, -0.25) is 9.69 Å². The summed E-state index contributed by atoms with van der Waals surface area (Å²) in [5, 5.41) is 0. The number of hydrogen-bond acceptors (Lipinski definition) is 3. The SMILES string of the molecule is COc1ccc(C(=O)N2C[C@@H]3CC[C@H](C2)N(CC2CCC2)C3)c(F)c1F. The third-order valence-corrected chi connectivity index (χ3v) is 6.33.